The van der Waals surface area contributed by atoms with E-state index in [-0.39, 0.29) is 11.4 Å². The second-order valence-electron chi connectivity index (χ2n) is 7.79. The summed E-state index contributed by atoms with van der Waals surface area (Å²) >= 11 is 12.1. The van der Waals surface area contributed by atoms with Crippen LogP contribution < -0.4 is 10.1 Å². The number of rotatable bonds is 9. The number of ether oxygens (including phenoxy) is 1. The van der Waals surface area contributed by atoms with Gasteiger partial charge in [0.25, 0.3) is 0 Å². The van der Waals surface area contributed by atoms with E-state index in [1.165, 1.54) is 12.1 Å². The van der Waals surface area contributed by atoms with Crippen molar-refractivity contribution in [1.82, 2.24) is 4.31 Å². The highest BCUT2D eigenvalue weighted by molar-refractivity contribution is 7.89. The number of hydrogen-bond donors (Lipinski definition) is 1. The summed E-state index contributed by atoms with van der Waals surface area (Å²) in [7, 11) is -4.00. The van der Waals surface area contributed by atoms with Gasteiger partial charge in [-0.1, -0.05) is 77.8 Å². The minimum atomic E-state index is -4.00. The van der Waals surface area contributed by atoms with Gasteiger partial charge in [0.05, 0.1) is 27.2 Å². The molecule has 0 atom stereocenters. The highest BCUT2D eigenvalue weighted by atomic mass is 35.5. The van der Waals surface area contributed by atoms with E-state index in [0.717, 1.165) is 4.31 Å². The fourth-order valence-corrected chi connectivity index (χ4v) is 5.16. The standard InChI is InChI=1S/C27H22Cl2N2O4S/c28-23-16-15-20(17-24(23)29)18-31(36(33,34)22-11-5-2-6-12-22)19-27(32)30-25-13-7-8-14-26(25)35-21-9-3-1-4-10-21/h1-17H,18-19H2,(H,30,32). The van der Waals surface area contributed by atoms with Crippen molar-refractivity contribution in [2.24, 2.45) is 0 Å². The van der Waals surface area contributed by atoms with Gasteiger partial charge in [-0.15, -0.1) is 0 Å². The maximum Gasteiger partial charge on any atom is 0.243 e. The van der Waals surface area contributed by atoms with Gasteiger partial charge in [-0.25, -0.2) is 8.42 Å². The van der Waals surface area contributed by atoms with E-state index < -0.39 is 22.5 Å². The summed E-state index contributed by atoms with van der Waals surface area (Å²) in [5.74, 6) is 0.504. The third kappa shape index (κ3) is 6.44. The predicted octanol–water partition coefficient (Wildman–Crippen LogP) is 6.62. The molecule has 0 bridgehead atoms. The Kier molecular flexibility index (Phi) is 8.28. The summed E-state index contributed by atoms with van der Waals surface area (Å²) in [6.45, 7) is -0.513. The van der Waals surface area contributed by atoms with Gasteiger partial charge >= 0.3 is 0 Å². The molecule has 0 saturated carbocycles. The molecule has 0 unspecified atom stereocenters. The zero-order chi connectivity index (χ0) is 25.5. The summed E-state index contributed by atoms with van der Waals surface area (Å²) in [4.78, 5) is 13.2. The molecule has 0 aromatic heterocycles. The van der Waals surface area contributed by atoms with Gasteiger partial charge in [0, 0.05) is 6.54 Å². The second-order valence-corrected chi connectivity index (χ2v) is 10.5. The van der Waals surface area contributed by atoms with Gasteiger partial charge in [0.15, 0.2) is 5.75 Å². The van der Waals surface area contributed by atoms with Gasteiger partial charge in [0.1, 0.15) is 5.75 Å². The second kappa shape index (κ2) is 11.6. The van der Waals surface area contributed by atoms with Crippen molar-refractivity contribution < 1.29 is 17.9 Å². The molecule has 9 heteroatoms. The van der Waals surface area contributed by atoms with Crippen molar-refractivity contribution in [2.45, 2.75) is 11.4 Å². The van der Waals surface area contributed by atoms with Crippen LogP contribution in [-0.4, -0.2) is 25.2 Å². The number of benzene rings is 4. The number of halogens is 2. The van der Waals surface area contributed by atoms with Crippen LogP contribution in [0.25, 0.3) is 0 Å². The van der Waals surface area contributed by atoms with Crippen LogP contribution in [0.5, 0.6) is 11.5 Å². The molecular weight excluding hydrogens is 519 g/mol. The third-order valence-electron chi connectivity index (χ3n) is 5.18. The van der Waals surface area contributed by atoms with Crippen molar-refractivity contribution in [3.05, 3.63) is 119 Å². The first-order valence-electron chi connectivity index (χ1n) is 10.9. The molecule has 4 aromatic carbocycles. The highest BCUT2D eigenvalue weighted by Gasteiger charge is 2.27. The van der Waals surface area contributed by atoms with Gasteiger partial charge in [-0.2, -0.15) is 4.31 Å². The summed E-state index contributed by atoms with van der Waals surface area (Å²) in [5.41, 5.74) is 1.00. The number of para-hydroxylation sites is 3. The molecular formula is C27H22Cl2N2O4S. The first-order valence-corrected chi connectivity index (χ1v) is 13.1. The van der Waals surface area contributed by atoms with Crippen molar-refractivity contribution in [3.63, 3.8) is 0 Å². The normalized spacial score (nSPS) is 11.3. The predicted molar refractivity (Wildman–Crippen MR) is 142 cm³/mol. The van der Waals surface area contributed by atoms with E-state index in [4.69, 9.17) is 27.9 Å². The average molecular weight is 541 g/mol. The van der Waals surface area contributed by atoms with E-state index in [1.807, 2.05) is 18.2 Å². The SMILES string of the molecule is O=C(CN(Cc1ccc(Cl)c(Cl)c1)S(=O)(=O)c1ccccc1)Nc1ccccc1Oc1ccccc1. The number of nitrogens with one attached hydrogen (secondary N) is 1. The number of sulfonamides is 1. The topological polar surface area (TPSA) is 75.7 Å². The summed E-state index contributed by atoms with van der Waals surface area (Å²) in [6.07, 6.45) is 0. The molecule has 0 aliphatic heterocycles. The molecule has 0 saturated heterocycles. The fraction of sp³-hybridized carbons (Fsp3) is 0.0741. The van der Waals surface area contributed by atoms with Crippen LogP contribution in [0.1, 0.15) is 5.56 Å². The summed E-state index contributed by atoms with van der Waals surface area (Å²) in [5, 5.41) is 3.42. The van der Waals surface area contributed by atoms with Gasteiger partial charge in [-0.3, -0.25) is 4.79 Å². The fourth-order valence-electron chi connectivity index (χ4n) is 3.43. The number of anilines is 1. The van der Waals surface area contributed by atoms with Crippen molar-refractivity contribution in [3.8, 4) is 11.5 Å². The summed E-state index contributed by atoms with van der Waals surface area (Å²) < 4.78 is 33.9. The first kappa shape index (κ1) is 25.7. The minimum Gasteiger partial charge on any atom is -0.455 e. The lowest BCUT2D eigenvalue weighted by Crippen LogP contribution is -2.37. The molecule has 4 rings (SSSR count). The number of hydrogen-bond acceptors (Lipinski definition) is 4. The Bertz CT molecular complexity index is 1450. The Morgan fingerprint density at radius 1 is 0.806 bits per heavy atom. The quantitative estimate of drug-likeness (QED) is 0.259. The lowest BCUT2D eigenvalue weighted by atomic mass is 10.2. The Balaban J connectivity index is 1.58. The van der Waals surface area contributed by atoms with Crippen molar-refractivity contribution in [1.29, 1.82) is 0 Å². The lowest BCUT2D eigenvalue weighted by Gasteiger charge is -2.22. The third-order valence-corrected chi connectivity index (χ3v) is 7.72. The molecule has 0 radical (unpaired) electrons. The van der Waals surface area contributed by atoms with Crippen molar-refractivity contribution >= 4 is 44.8 Å². The van der Waals surface area contributed by atoms with Crippen LogP contribution in [-0.2, 0) is 21.4 Å². The van der Waals surface area contributed by atoms with E-state index in [2.05, 4.69) is 5.32 Å². The molecule has 0 spiro atoms. The number of carbonyl (C=O) groups excluding carboxylic acids is 1. The van der Waals surface area contributed by atoms with Crippen LogP contribution in [0.3, 0.4) is 0 Å². The molecule has 0 aliphatic carbocycles. The Labute approximate surface area is 220 Å². The Hall–Kier alpha value is -3.36. The molecule has 4 aromatic rings. The largest absolute Gasteiger partial charge is 0.455 e. The van der Waals surface area contributed by atoms with Crippen molar-refractivity contribution in [2.75, 3.05) is 11.9 Å². The molecule has 0 heterocycles. The highest BCUT2D eigenvalue weighted by Crippen LogP contribution is 2.29. The van der Waals surface area contributed by atoms with E-state index in [9.17, 15) is 13.2 Å². The van der Waals surface area contributed by atoms with Crippen LogP contribution in [0.4, 0.5) is 5.69 Å². The molecule has 1 N–H and O–H groups in total. The van der Waals surface area contributed by atoms with E-state index in [1.54, 1.807) is 72.8 Å². The first-order chi connectivity index (χ1) is 17.3. The van der Waals surface area contributed by atoms with E-state index >= 15 is 0 Å². The smallest absolute Gasteiger partial charge is 0.243 e. The van der Waals surface area contributed by atoms with Crippen LogP contribution in [0.2, 0.25) is 10.0 Å². The lowest BCUT2D eigenvalue weighted by molar-refractivity contribution is -0.116. The number of carbonyl (C=O) groups is 1. The maximum absolute atomic E-state index is 13.4. The molecule has 0 fully saturated rings. The number of nitrogens with zero attached hydrogens (tertiary/aromatic N) is 1. The molecule has 36 heavy (non-hydrogen) atoms. The molecule has 6 nitrogen and oxygen atoms in total. The average Bonchev–Trinajstić information content (AvgIpc) is 2.88. The molecule has 1 amide bonds. The van der Waals surface area contributed by atoms with Gasteiger partial charge in [-0.05, 0) is 54.1 Å². The Morgan fingerprint density at radius 2 is 1.44 bits per heavy atom. The summed E-state index contributed by atoms with van der Waals surface area (Å²) in [6, 6.07) is 28.9. The molecule has 0 aliphatic rings. The monoisotopic (exact) mass is 540 g/mol. The minimum absolute atomic E-state index is 0.0747. The van der Waals surface area contributed by atoms with Crippen LogP contribution >= 0.6 is 23.2 Å². The zero-order valence-corrected chi connectivity index (χ0v) is 21.3. The number of amides is 1. The van der Waals surface area contributed by atoms with E-state index in [0.29, 0.717) is 32.8 Å². The Morgan fingerprint density at radius 3 is 2.14 bits per heavy atom. The van der Waals surface area contributed by atoms with Crippen LogP contribution in [0, 0.1) is 0 Å². The molecule has 184 valence electrons. The maximum atomic E-state index is 13.4. The van der Waals surface area contributed by atoms with Crippen LogP contribution in [0.15, 0.2) is 108 Å². The zero-order valence-electron chi connectivity index (χ0n) is 19.0. The van der Waals surface area contributed by atoms with Gasteiger partial charge < -0.3 is 10.1 Å². The van der Waals surface area contributed by atoms with Gasteiger partial charge in [0.2, 0.25) is 15.9 Å².